The van der Waals surface area contributed by atoms with Crippen LogP contribution in [0.2, 0.25) is 0 Å². The molecule has 6 heteroatoms. The molecule has 1 atom stereocenters. The predicted molar refractivity (Wildman–Crippen MR) is 69.9 cm³/mol. The van der Waals surface area contributed by atoms with Crippen LogP contribution in [-0.2, 0) is 0 Å². The summed E-state index contributed by atoms with van der Waals surface area (Å²) < 4.78 is 36.9. The molecule has 0 aliphatic carbocycles. The van der Waals surface area contributed by atoms with E-state index >= 15 is 0 Å². The number of rotatable bonds is 3. The molecule has 0 bridgehead atoms. The van der Waals surface area contributed by atoms with Crippen molar-refractivity contribution in [2.75, 3.05) is 11.1 Å². The van der Waals surface area contributed by atoms with Crippen LogP contribution < -0.4 is 11.1 Å². The number of hydrogen-bond donors (Lipinski definition) is 2. The largest absolute Gasteiger partial charge is 0.398 e. The third-order valence-corrected chi connectivity index (χ3v) is 2.79. The van der Waals surface area contributed by atoms with E-state index < -0.39 is 18.6 Å². The van der Waals surface area contributed by atoms with Gasteiger partial charge in [-0.2, -0.15) is 13.2 Å². The summed E-state index contributed by atoms with van der Waals surface area (Å²) in [5.41, 5.74) is 7.00. The summed E-state index contributed by atoms with van der Waals surface area (Å²) >= 11 is 0. The van der Waals surface area contributed by atoms with E-state index in [0.29, 0.717) is 11.4 Å². The lowest BCUT2D eigenvalue weighted by Gasteiger charge is -2.18. The monoisotopic (exact) mass is 269 g/mol. The van der Waals surface area contributed by atoms with Gasteiger partial charge in [0.05, 0.1) is 6.42 Å². The van der Waals surface area contributed by atoms with Crippen molar-refractivity contribution in [3.8, 4) is 0 Å². The number of anilines is 2. The molecular weight excluding hydrogens is 255 g/mol. The van der Waals surface area contributed by atoms with E-state index in [1.807, 2.05) is 0 Å². The summed E-state index contributed by atoms with van der Waals surface area (Å²) in [7, 11) is 0. The van der Waals surface area contributed by atoms with Crippen LogP contribution >= 0.6 is 0 Å². The zero-order valence-corrected chi connectivity index (χ0v) is 10.3. The van der Waals surface area contributed by atoms with Gasteiger partial charge in [-0.15, -0.1) is 0 Å². The molecule has 1 aromatic heterocycles. The Labute approximate surface area is 108 Å². The van der Waals surface area contributed by atoms with Gasteiger partial charge in [-0.1, -0.05) is 0 Å². The van der Waals surface area contributed by atoms with Gasteiger partial charge in [-0.25, -0.2) is 0 Å². The first-order valence-electron chi connectivity index (χ1n) is 5.82. The summed E-state index contributed by atoms with van der Waals surface area (Å²) in [5, 5.41) is 4.35. The number of halogens is 3. The lowest BCUT2D eigenvalue weighted by Crippen LogP contribution is -2.24. The standard InChI is InChI=1S/C13H14F3N3/c1-8(6-13(14,15)16)19-12-3-2-11(17)9-4-5-18-7-10(9)12/h2-5,7-8,19H,6,17H2,1H3. The van der Waals surface area contributed by atoms with E-state index in [1.54, 1.807) is 30.6 Å². The fourth-order valence-corrected chi connectivity index (χ4v) is 2.00. The van der Waals surface area contributed by atoms with Crippen LogP contribution in [0.15, 0.2) is 30.6 Å². The smallest absolute Gasteiger partial charge is 0.391 e. The van der Waals surface area contributed by atoms with Gasteiger partial charge in [0.2, 0.25) is 0 Å². The number of nitrogen functional groups attached to an aromatic ring is 1. The number of aromatic nitrogens is 1. The van der Waals surface area contributed by atoms with Crippen LogP contribution in [0.4, 0.5) is 24.5 Å². The third kappa shape index (κ3) is 3.27. The van der Waals surface area contributed by atoms with E-state index in [4.69, 9.17) is 5.73 Å². The molecule has 0 radical (unpaired) electrons. The quantitative estimate of drug-likeness (QED) is 0.837. The van der Waals surface area contributed by atoms with E-state index in [0.717, 1.165) is 10.8 Å². The number of hydrogen-bond acceptors (Lipinski definition) is 3. The Hall–Kier alpha value is -1.98. The van der Waals surface area contributed by atoms with Crippen LogP contribution in [0.5, 0.6) is 0 Å². The van der Waals surface area contributed by atoms with Gasteiger partial charge < -0.3 is 11.1 Å². The number of nitrogens with zero attached hydrogens (tertiary/aromatic N) is 1. The van der Waals surface area contributed by atoms with Crippen molar-refractivity contribution in [3.63, 3.8) is 0 Å². The molecule has 0 saturated heterocycles. The molecule has 19 heavy (non-hydrogen) atoms. The van der Waals surface area contributed by atoms with Gasteiger partial charge in [-0.3, -0.25) is 4.98 Å². The fraction of sp³-hybridized carbons (Fsp3) is 0.308. The zero-order valence-electron chi connectivity index (χ0n) is 10.3. The molecule has 2 rings (SSSR count). The summed E-state index contributed by atoms with van der Waals surface area (Å²) in [6.07, 6.45) is -1.89. The highest BCUT2D eigenvalue weighted by Crippen LogP contribution is 2.29. The van der Waals surface area contributed by atoms with Crippen molar-refractivity contribution >= 4 is 22.1 Å². The van der Waals surface area contributed by atoms with Gasteiger partial charge in [0.1, 0.15) is 0 Å². The average molecular weight is 269 g/mol. The Morgan fingerprint density at radius 3 is 2.68 bits per heavy atom. The highest BCUT2D eigenvalue weighted by atomic mass is 19.4. The van der Waals surface area contributed by atoms with E-state index in [2.05, 4.69) is 10.3 Å². The molecule has 1 heterocycles. The van der Waals surface area contributed by atoms with Crippen molar-refractivity contribution in [1.82, 2.24) is 4.98 Å². The summed E-state index contributed by atoms with van der Waals surface area (Å²) in [6, 6.07) is 4.37. The minimum atomic E-state index is -4.19. The first-order valence-corrected chi connectivity index (χ1v) is 5.82. The molecule has 1 aromatic carbocycles. The lowest BCUT2D eigenvalue weighted by molar-refractivity contribution is -0.136. The first-order chi connectivity index (χ1) is 8.87. The second kappa shape index (κ2) is 4.95. The van der Waals surface area contributed by atoms with Crippen LogP contribution in [0.3, 0.4) is 0 Å². The van der Waals surface area contributed by atoms with Crippen LogP contribution in [0.25, 0.3) is 10.8 Å². The summed E-state index contributed by atoms with van der Waals surface area (Å²) in [6.45, 7) is 1.49. The maximum Gasteiger partial charge on any atom is 0.391 e. The molecule has 2 aromatic rings. The zero-order chi connectivity index (χ0) is 14.0. The van der Waals surface area contributed by atoms with E-state index in [9.17, 15) is 13.2 Å². The molecule has 0 saturated carbocycles. The van der Waals surface area contributed by atoms with Gasteiger partial charge >= 0.3 is 6.18 Å². The van der Waals surface area contributed by atoms with E-state index in [1.165, 1.54) is 6.92 Å². The van der Waals surface area contributed by atoms with Crippen LogP contribution in [-0.4, -0.2) is 17.2 Å². The molecule has 0 aliphatic heterocycles. The molecule has 102 valence electrons. The van der Waals surface area contributed by atoms with Gasteiger partial charge in [0.25, 0.3) is 0 Å². The minimum absolute atomic E-state index is 0.575. The first kappa shape index (κ1) is 13.5. The highest BCUT2D eigenvalue weighted by Gasteiger charge is 2.30. The molecule has 1 unspecified atom stereocenters. The van der Waals surface area contributed by atoms with Crippen LogP contribution in [0.1, 0.15) is 13.3 Å². The van der Waals surface area contributed by atoms with E-state index in [-0.39, 0.29) is 0 Å². The lowest BCUT2D eigenvalue weighted by atomic mass is 10.1. The topological polar surface area (TPSA) is 50.9 Å². The molecule has 0 spiro atoms. The Balaban J connectivity index is 2.29. The number of fused-ring (bicyclic) bond motifs is 1. The third-order valence-electron chi connectivity index (χ3n) is 2.79. The van der Waals surface area contributed by atoms with Gasteiger partial charge in [-0.05, 0) is 25.1 Å². The van der Waals surface area contributed by atoms with Crippen molar-refractivity contribution in [2.45, 2.75) is 25.6 Å². The van der Waals surface area contributed by atoms with Gasteiger partial charge in [0.15, 0.2) is 0 Å². The average Bonchev–Trinajstić information content (AvgIpc) is 2.31. The van der Waals surface area contributed by atoms with Crippen molar-refractivity contribution in [1.29, 1.82) is 0 Å². The molecule has 3 N–H and O–H groups in total. The number of nitrogens with one attached hydrogen (secondary N) is 1. The molecule has 3 nitrogen and oxygen atoms in total. The highest BCUT2D eigenvalue weighted by molar-refractivity contribution is 6.00. The predicted octanol–water partition coefficient (Wildman–Crippen LogP) is 3.57. The van der Waals surface area contributed by atoms with Gasteiger partial charge in [0, 0.05) is 40.6 Å². The van der Waals surface area contributed by atoms with Crippen LogP contribution in [0, 0.1) is 0 Å². The molecule has 0 amide bonds. The maximum atomic E-state index is 12.3. The Bertz CT molecular complexity index is 581. The van der Waals surface area contributed by atoms with Crippen molar-refractivity contribution in [3.05, 3.63) is 30.6 Å². The second-order valence-electron chi connectivity index (χ2n) is 4.49. The van der Waals surface area contributed by atoms with Crippen molar-refractivity contribution < 1.29 is 13.2 Å². The maximum absolute atomic E-state index is 12.3. The second-order valence-corrected chi connectivity index (χ2v) is 4.49. The van der Waals surface area contributed by atoms with Crippen molar-refractivity contribution in [2.24, 2.45) is 0 Å². The number of pyridine rings is 1. The normalized spacial score (nSPS) is 13.5. The SMILES string of the molecule is CC(CC(F)(F)F)Nc1ccc(N)c2ccncc12. The fourth-order valence-electron chi connectivity index (χ4n) is 2.00. The Kier molecular flexibility index (Phi) is 3.50. The molecule has 0 fully saturated rings. The number of alkyl halides is 3. The number of nitrogens with two attached hydrogens (primary N) is 1. The summed E-state index contributed by atoms with van der Waals surface area (Å²) in [4.78, 5) is 3.98. The Morgan fingerprint density at radius 2 is 2.00 bits per heavy atom. The number of benzene rings is 1. The molecule has 0 aliphatic rings. The minimum Gasteiger partial charge on any atom is -0.398 e. The molecular formula is C13H14F3N3. The Morgan fingerprint density at radius 1 is 1.26 bits per heavy atom. The summed E-state index contributed by atoms with van der Waals surface area (Å²) in [5.74, 6) is 0.